The Bertz CT molecular complexity index is 836. The van der Waals surface area contributed by atoms with Crippen molar-refractivity contribution in [2.45, 2.75) is 12.8 Å². The van der Waals surface area contributed by atoms with Gasteiger partial charge in [0.1, 0.15) is 6.61 Å². The second-order valence-electron chi connectivity index (χ2n) is 5.76. The van der Waals surface area contributed by atoms with E-state index in [1.54, 1.807) is 48.5 Å². The van der Waals surface area contributed by atoms with E-state index in [4.69, 9.17) is 16.3 Å². The van der Waals surface area contributed by atoms with Crippen LogP contribution in [0, 0.1) is 0 Å². The molecule has 7 heteroatoms. The van der Waals surface area contributed by atoms with Crippen LogP contribution < -0.4 is 10.2 Å². The van der Waals surface area contributed by atoms with Gasteiger partial charge in [0.2, 0.25) is 5.91 Å². The monoisotopic (exact) mass is 372 g/mol. The van der Waals surface area contributed by atoms with Gasteiger partial charge < -0.3 is 10.1 Å². The van der Waals surface area contributed by atoms with Crippen LogP contribution in [0.1, 0.15) is 23.2 Å². The van der Waals surface area contributed by atoms with Gasteiger partial charge in [0.15, 0.2) is 5.78 Å². The zero-order valence-electron chi connectivity index (χ0n) is 13.9. The van der Waals surface area contributed by atoms with Crippen molar-refractivity contribution in [1.29, 1.82) is 0 Å². The normalized spacial score (nSPS) is 13.4. The standard InChI is InChI=1S/C19H17ClN2O4/c20-16-4-2-1-3-15(16)17(23)9-10-18(24)21-13-5-7-14(8-6-13)22-11-12-26-19(22)25/h1-8H,9-12H2,(H,21,24). The van der Waals surface area contributed by atoms with E-state index in [9.17, 15) is 14.4 Å². The molecule has 1 fully saturated rings. The van der Waals surface area contributed by atoms with Gasteiger partial charge >= 0.3 is 6.09 Å². The molecule has 2 aromatic carbocycles. The van der Waals surface area contributed by atoms with Crippen molar-refractivity contribution < 1.29 is 19.1 Å². The van der Waals surface area contributed by atoms with Crippen LogP contribution >= 0.6 is 11.6 Å². The highest BCUT2D eigenvalue weighted by Crippen LogP contribution is 2.21. The summed E-state index contributed by atoms with van der Waals surface area (Å²) in [5.41, 5.74) is 1.72. The fraction of sp³-hybridized carbons (Fsp3) is 0.211. The number of nitrogens with zero attached hydrogens (tertiary/aromatic N) is 1. The van der Waals surface area contributed by atoms with Crippen molar-refractivity contribution >= 4 is 40.8 Å². The molecule has 0 saturated carbocycles. The lowest BCUT2D eigenvalue weighted by Crippen LogP contribution is -2.23. The zero-order valence-corrected chi connectivity index (χ0v) is 14.7. The molecule has 0 bridgehead atoms. The van der Waals surface area contributed by atoms with Gasteiger partial charge in [0.25, 0.3) is 0 Å². The number of Topliss-reactive ketones (excluding diaryl/α,β-unsaturated/α-hetero) is 1. The van der Waals surface area contributed by atoms with Crippen LogP contribution in [0.25, 0.3) is 0 Å². The number of halogens is 1. The first kappa shape index (κ1) is 17.9. The fourth-order valence-corrected chi connectivity index (χ4v) is 2.87. The van der Waals surface area contributed by atoms with Crippen LogP contribution in [-0.2, 0) is 9.53 Å². The maximum atomic E-state index is 12.1. The molecular formula is C19H17ClN2O4. The third kappa shape index (κ3) is 4.21. The van der Waals surface area contributed by atoms with Crippen molar-refractivity contribution in [2.75, 3.05) is 23.4 Å². The van der Waals surface area contributed by atoms with Gasteiger partial charge in [0.05, 0.1) is 11.6 Å². The number of benzene rings is 2. The Hall–Kier alpha value is -2.86. The molecule has 0 aromatic heterocycles. The Morgan fingerprint density at radius 1 is 1.08 bits per heavy atom. The highest BCUT2D eigenvalue weighted by molar-refractivity contribution is 6.34. The second kappa shape index (κ2) is 8.01. The van der Waals surface area contributed by atoms with Gasteiger partial charge in [-0.3, -0.25) is 14.5 Å². The van der Waals surface area contributed by atoms with Gasteiger partial charge in [-0.15, -0.1) is 0 Å². The van der Waals surface area contributed by atoms with E-state index in [0.29, 0.717) is 35.1 Å². The lowest BCUT2D eigenvalue weighted by Gasteiger charge is -2.13. The van der Waals surface area contributed by atoms with Crippen molar-refractivity contribution in [1.82, 2.24) is 0 Å². The Kier molecular flexibility index (Phi) is 5.53. The number of hydrogen-bond acceptors (Lipinski definition) is 4. The number of ether oxygens (including phenoxy) is 1. The van der Waals surface area contributed by atoms with E-state index < -0.39 is 0 Å². The molecule has 2 aromatic rings. The number of hydrogen-bond donors (Lipinski definition) is 1. The van der Waals surface area contributed by atoms with Crippen LogP contribution in [0.15, 0.2) is 48.5 Å². The first-order chi connectivity index (χ1) is 12.5. The van der Waals surface area contributed by atoms with E-state index in [1.165, 1.54) is 4.90 Å². The molecule has 0 unspecified atom stereocenters. The molecule has 1 saturated heterocycles. The Labute approximate surface area is 155 Å². The van der Waals surface area contributed by atoms with E-state index in [0.717, 1.165) is 0 Å². The second-order valence-corrected chi connectivity index (χ2v) is 6.17. The number of carbonyl (C=O) groups excluding carboxylic acids is 3. The first-order valence-electron chi connectivity index (χ1n) is 8.16. The number of cyclic esters (lactones) is 1. The predicted molar refractivity (Wildman–Crippen MR) is 98.8 cm³/mol. The summed E-state index contributed by atoms with van der Waals surface area (Å²) in [6.07, 6.45) is -0.239. The van der Waals surface area contributed by atoms with Gasteiger partial charge in [-0.1, -0.05) is 23.7 Å². The minimum absolute atomic E-state index is 0.0598. The third-order valence-electron chi connectivity index (χ3n) is 3.98. The van der Waals surface area contributed by atoms with Crippen LogP contribution in [0.4, 0.5) is 16.2 Å². The van der Waals surface area contributed by atoms with Crippen molar-refractivity contribution in [3.63, 3.8) is 0 Å². The minimum Gasteiger partial charge on any atom is -0.447 e. The zero-order chi connectivity index (χ0) is 18.5. The Balaban J connectivity index is 1.52. The number of amides is 2. The van der Waals surface area contributed by atoms with Crippen LogP contribution in [-0.4, -0.2) is 30.9 Å². The maximum Gasteiger partial charge on any atom is 0.414 e. The van der Waals surface area contributed by atoms with Crippen molar-refractivity contribution in [3.8, 4) is 0 Å². The molecule has 0 spiro atoms. The molecule has 0 atom stereocenters. The number of ketones is 1. The van der Waals surface area contributed by atoms with Crippen molar-refractivity contribution in [3.05, 3.63) is 59.1 Å². The van der Waals surface area contributed by atoms with E-state index >= 15 is 0 Å². The molecule has 0 aliphatic carbocycles. The van der Waals surface area contributed by atoms with Crippen LogP contribution in [0.3, 0.4) is 0 Å². The average molecular weight is 373 g/mol. The van der Waals surface area contributed by atoms with Gasteiger partial charge in [-0.2, -0.15) is 0 Å². The van der Waals surface area contributed by atoms with Crippen LogP contribution in [0.5, 0.6) is 0 Å². The Morgan fingerprint density at radius 3 is 2.46 bits per heavy atom. The third-order valence-corrected chi connectivity index (χ3v) is 4.31. The first-order valence-corrected chi connectivity index (χ1v) is 8.54. The highest BCUT2D eigenvalue weighted by atomic mass is 35.5. The topological polar surface area (TPSA) is 75.7 Å². The summed E-state index contributed by atoms with van der Waals surface area (Å²) < 4.78 is 4.89. The number of nitrogens with one attached hydrogen (secondary N) is 1. The molecule has 0 radical (unpaired) electrons. The minimum atomic E-state index is -0.375. The molecule has 6 nitrogen and oxygen atoms in total. The quantitative estimate of drug-likeness (QED) is 0.780. The summed E-state index contributed by atoms with van der Waals surface area (Å²) in [7, 11) is 0. The summed E-state index contributed by atoms with van der Waals surface area (Å²) in [5, 5.41) is 3.12. The predicted octanol–water partition coefficient (Wildman–Crippen LogP) is 3.90. The average Bonchev–Trinajstić information content (AvgIpc) is 3.07. The fourth-order valence-electron chi connectivity index (χ4n) is 2.63. The lowest BCUT2D eigenvalue weighted by molar-refractivity contribution is -0.116. The molecule has 1 aliphatic heterocycles. The lowest BCUT2D eigenvalue weighted by atomic mass is 10.1. The summed E-state index contributed by atoms with van der Waals surface area (Å²) in [4.78, 5) is 37.2. The van der Waals surface area contributed by atoms with E-state index in [1.807, 2.05) is 0 Å². The molecular weight excluding hydrogens is 356 g/mol. The summed E-state index contributed by atoms with van der Waals surface area (Å²) in [6, 6.07) is 13.6. The number of carbonyl (C=O) groups is 3. The maximum absolute atomic E-state index is 12.1. The molecule has 2 amide bonds. The van der Waals surface area contributed by atoms with E-state index in [2.05, 4.69) is 5.32 Å². The van der Waals surface area contributed by atoms with Gasteiger partial charge in [-0.25, -0.2) is 4.79 Å². The SMILES string of the molecule is O=C(CCC(=O)c1ccccc1Cl)Nc1ccc(N2CCOC2=O)cc1. The summed E-state index contributed by atoms with van der Waals surface area (Å²) in [6.45, 7) is 0.880. The van der Waals surface area contributed by atoms with Gasteiger partial charge in [-0.05, 0) is 36.4 Å². The molecule has 3 rings (SSSR count). The summed E-state index contributed by atoms with van der Waals surface area (Å²) in [5.74, 6) is -0.438. The largest absolute Gasteiger partial charge is 0.447 e. The molecule has 26 heavy (non-hydrogen) atoms. The Morgan fingerprint density at radius 2 is 1.81 bits per heavy atom. The molecule has 134 valence electrons. The number of rotatable bonds is 6. The number of anilines is 2. The molecule has 1 N–H and O–H groups in total. The van der Waals surface area contributed by atoms with Crippen LogP contribution in [0.2, 0.25) is 5.02 Å². The smallest absolute Gasteiger partial charge is 0.414 e. The van der Waals surface area contributed by atoms with Gasteiger partial charge in [0, 0.05) is 29.8 Å². The molecule has 1 heterocycles. The van der Waals surface area contributed by atoms with Crippen molar-refractivity contribution in [2.24, 2.45) is 0 Å². The summed E-state index contributed by atoms with van der Waals surface area (Å²) >= 11 is 5.98. The van der Waals surface area contributed by atoms with E-state index in [-0.39, 0.29) is 30.6 Å². The highest BCUT2D eigenvalue weighted by Gasteiger charge is 2.23. The molecule has 1 aliphatic rings.